The number of nitrogens with one attached hydrogen (secondary N) is 1. The molecule has 0 radical (unpaired) electrons. The van der Waals surface area contributed by atoms with Crippen LogP contribution in [0, 0.1) is 5.41 Å². The minimum atomic E-state index is 0.745. The molecule has 2 fully saturated rings. The van der Waals surface area contributed by atoms with Gasteiger partial charge in [-0.05, 0) is 38.1 Å². The first kappa shape index (κ1) is 7.60. The standard InChI is InChI=1S/C10H19N/c1-11-9-5-4-8-10(9)6-2-3-7-10/h9,11H,2-8H2,1H3. The highest BCUT2D eigenvalue weighted by molar-refractivity contribution is 4.98. The van der Waals surface area contributed by atoms with E-state index in [9.17, 15) is 0 Å². The van der Waals surface area contributed by atoms with Crippen molar-refractivity contribution in [3.63, 3.8) is 0 Å². The van der Waals surface area contributed by atoms with E-state index in [1.165, 1.54) is 44.9 Å². The molecule has 1 nitrogen and oxygen atoms in total. The summed E-state index contributed by atoms with van der Waals surface area (Å²) in [6, 6.07) is 0.852. The van der Waals surface area contributed by atoms with Crippen molar-refractivity contribution in [3.8, 4) is 0 Å². The van der Waals surface area contributed by atoms with Crippen molar-refractivity contribution in [1.82, 2.24) is 5.32 Å². The molecule has 0 saturated heterocycles. The molecule has 2 aliphatic carbocycles. The third kappa shape index (κ3) is 1.10. The zero-order valence-corrected chi connectivity index (χ0v) is 7.53. The van der Waals surface area contributed by atoms with Crippen LogP contribution in [0.4, 0.5) is 0 Å². The summed E-state index contributed by atoms with van der Waals surface area (Å²) in [5.74, 6) is 0. The van der Waals surface area contributed by atoms with Gasteiger partial charge in [-0.25, -0.2) is 0 Å². The molecular weight excluding hydrogens is 134 g/mol. The van der Waals surface area contributed by atoms with Crippen molar-refractivity contribution < 1.29 is 0 Å². The Morgan fingerprint density at radius 1 is 1.09 bits per heavy atom. The molecule has 1 spiro atoms. The normalized spacial score (nSPS) is 35.2. The SMILES string of the molecule is CNC1CCCC12CCCC2. The lowest BCUT2D eigenvalue weighted by Gasteiger charge is -2.30. The summed E-state index contributed by atoms with van der Waals surface area (Å²) >= 11 is 0. The maximum Gasteiger partial charge on any atom is 0.0120 e. The minimum Gasteiger partial charge on any atom is -0.316 e. The van der Waals surface area contributed by atoms with Crippen LogP contribution in [0.5, 0.6) is 0 Å². The van der Waals surface area contributed by atoms with Gasteiger partial charge in [-0.2, -0.15) is 0 Å². The molecule has 0 aromatic rings. The molecule has 0 aromatic heterocycles. The molecule has 0 heterocycles. The van der Waals surface area contributed by atoms with Crippen LogP contribution in [0.1, 0.15) is 44.9 Å². The Hall–Kier alpha value is -0.0400. The van der Waals surface area contributed by atoms with Crippen molar-refractivity contribution in [3.05, 3.63) is 0 Å². The monoisotopic (exact) mass is 153 g/mol. The summed E-state index contributed by atoms with van der Waals surface area (Å²) in [5.41, 5.74) is 0.745. The Kier molecular flexibility index (Phi) is 1.92. The molecule has 1 heteroatoms. The second-order valence-corrected chi connectivity index (χ2v) is 4.30. The smallest absolute Gasteiger partial charge is 0.0120 e. The van der Waals surface area contributed by atoms with E-state index < -0.39 is 0 Å². The molecular formula is C10H19N. The first-order valence-corrected chi connectivity index (χ1v) is 5.05. The van der Waals surface area contributed by atoms with Gasteiger partial charge in [-0.1, -0.05) is 19.3 Å². The fraction of sp³-hybridized carbons (Fsp3) is 1.00. The van der Waals surface area contributed by atoms with Crippen molar-refractivity contribution in [2.24, 2.45) is 5.41 Å². The fourth-order valence-corrected chi connectivity index (χ4v) is 3.27. The Morgan fingerprint density at radius 2 is 1.73 bits per heavy atom. The summed E-state index contributed by atoms with van der Waals surface area (Å²) in [5, 5.41) is 3.50. The van der Waals surface area contributed by atoms with Gasteiger partial charge >= 0.3 is 0 Å². The van der Waals surface area contributed by atoms with Gasteiger partial charge in [-0.3, -0.25) is 0 Å². The van der Waals surface area contributed by atoms with Crippen LogP contribution in [0.15, 0.2) is 0 Å². The zero-order valence-electron chi connectivity index (χ0n) is 7.53. The van der Waals surface area contributed by atoms with Crippen LogP contribution in [0.3, 0.4) is 0 Å². The van der Waals surface area contributed by atoms with Crippen LogP contribution in [-0.4, -0.2) is 13.1 Å². The van der Waals surface area contributed by atoms with Gasteiger partial charge in [0.2, 0.25) is 0 Å². The number of rotatable bonds is 1. The maximum atomic E-state index is 3.50. The molecule has 1 atom stereocenters. The Morgan fingerprint density at radius 3 is 2.36 bits per heavy atom. The van der Waals surface area contributed by atoms with Crippen LogP contribution in [0.2, 0.25) is 0 Å². The van der Waals surface area contributed by atoms with Crippen molar-refractivity contribution in [2.45, 2.75) is 51.0 Å². The number of hydrogen-bond acceptors (Lipinski definition) is 1. The lowest BCUT2D eigenvalue weighted by molar-refractivity contribution is 0.242. The van der Waals surface area contributed by atoms with Gasteiger partial charge in [-0.15, -0.1) is 0 Å². The third-order valence-electron chi connectivity index (χ3n) is 3.85. The summed E-state index contributed by atoms with van der Waals surface area (Å²) in [7, 11) is 2.13. The summed E-state index contributed by atoms with van der Waals surface area (Å²) < 4.78 is 0. The van der Waals surface area contributed by atoms with E-state index in [0.717, 1.165) is 11.5 Å². The summed E-state index contributed by atoms with van der Waals surface area (Å²) in [6.07, 6.45) is 10.4. The van der Waals surface area contributed by atoms with Gasteiger partial charge in [0.15, 0.2) is 0 Å². The van der Waals surface area contributed by atoms with E-state index in [1.807, 2.05) is 0 Å². The Balaban J connectivity index is 2.09. The molecule has 0 amide bonds. The van der Waals surface area contributed by atoms with E-state index in [2.05, 4.69) is 12.4 Å². The van der Waals surface area contributed by atoms with E-state index in [0.29, 0.717) is 0 Å². The molecule has 0 aromatic carbocycles. The first-order chi connectivity index (χ1) is 5.37. The molecule has 2 saturated carbocycles. The quantitative estimate of drug-likeness (QED) is 0.609. The molecule has 1 N–H and O–H groups in total. The van der Waals surface area contributed by atoms with Gasteiger partial charge in [0.1, 0.15) is 0 Å². The predicted molar refractivity (Wildman–Crippen MR) is 47.6 cm³/mol. The molecule has 11 heavy (non-hydrogen) atoms. The highest BCUT2D eigenvalue weighted by atomic mass is 14.9. The van der Waals surface area contributed by atoms with Crippen LogP contribution >= 0.6 is 0 Å². The van der Waals surface area contributed by atoms with Gasteiger partial charge < -0.3 is 5.32 Å². The van der Waals surface area contributed by atoms with Gasteiger partial charge in [0, 0.05) is 6.04 Å². The predicted octanol–water partition coefficient (Wildman–Crippen LogP) is 2.32. The third-order valence-corrected chi connectivity index (χ3v) is 3.85. The lowest BCUT2D eigenvalue weighted by Crippen LogP contribution is -2.37. The highest BCUT2D eigenvalue weighted by Crippen LogP contribution is 2.50. The summed E-state index contributed by atoms with van der Waals surface area (Å²) in [6.45, 7) is 0. The average molecular weight is 153 g/mol. The lowest BCUT2D eigenvalue weighted by atomic mass is 9.81. The zero-order chi connectivity index (χ0) is 7.73. The second-order valence-electron chi connectivity index (χ2n) is 4.30. The molecule has 0 bridgehead atoms. The molecule has 1 unspecified atom stereocenters. The Bertz CT molecular complexity index is 130. The maximum absolute atomic E-state index is 3.50. The Labute approximate surface area is 69.6 Å². The summed E-state index contributed by atoms with van der Waals surface area (Å²) in [4.78, 5) is 0. The van der Waals surface area contributed by atoms with Crippen molar-refractivity contribution in [1.29, 1.82) is 0 Å². The molecule has 2 aliphatic rings. The largest absolute Gasteiger partial charge is 0.316 e. The number of hydrogen-bond donors (Lipinski definition) is 1. The molecule has 64 valence electrons. The van der Waals surface area contributed by atoms with Gasteiger partial charge in [0.05, 0.1) is 0 Å². The van der Waals surface area contributed by atoms with Crippen LogP contribution < -0.4 is 5.32 Å². The van der Waals surface area contributed by atoms with Crippen LogP contribution in [0.25, 0.3) is 0 Å². The van der Waals surface area contributed by atoms with Crippen molar-refractivity contribution in [2.75, 3.05) is 7.05 Å². The highest BCUT2D eigenvalue weighted by Gasteiger charge is 2.43. The second kappa shape index (κ2) is 2.78. The van der Waals surface area contributed by atoms with Crippen molar-refractivity contribution >= 4 is 0 Å². The van der Waals surface area contributed by atoms with E-state index in [4.69, 9.17) is 0 Å². The first-order valence-electron chi connectivity index (χ1n) is 5.05. The topological polar surface area (TPSA) is 12.0 Å². The molecule has 0 aliphatic heterocycles. The average Bonchev–Trinajstić information content (AvgIpc) is 2.62. The van der Waals surface area contributed by atoms with Crippen LogP contribution in [-0.2, 0) is 0 Å². The molecule has 2 rings (SSSR count). The van der Waals surface area contributed by atoms with E-state index >= 15 is 0 Å². The fourth-order valence-electron chi connectivity index (χ4n) is 3.27. The van der Waals surface area contributed by atoms with E-state index in [-0.39, 0.29) is 0 Å². The minimum absolute atomic E-state index is 0.745. The van der Waals surface area contributed by atoms with Gasteiger partial charge in [0.25, 0.3) is 0 Å². The van der Waals surface area contributed by atoms with E-state index in [1.54, 1.807) is 0 Å².